The van der Waals surface area contributed by atoms with Crippen molar-refractivity contribution in [3.05, 3.63) is 282 Å². The maximum Gasteiger partial charge on any atom is 0.164 e. The number of hydrogen-bond donors (Lipinski definition) is 0. The molecule has 3 heterocycles. The Kier molecular flexibility index (Phi) is 9.88. The van der Waals surface area contributed by atoms with Gasteiger partial charge in [0.05, 0.1) is 11.0 Å². The van der Waals surface area contributed by atoms with Crippen LogP contribution in [0, 0.1) is 0 Å². The van der Waals surface area contributed by atoms with Gasteiger partial charge in [0.25, 0.3) is 0 Å². The minimum Gasteiger partial charge on any atom is -0.309 e. The zero-order valence-corrected chi connectivity index (χ0v) is 40.5. The van der Waals surface area contributed by atoms with Gasteiger partial charge < -0.3 is 4.57 Å². The summed E-state index contributed by atoms with van der Waals surface area (Å²) in [6.45, 7) is 0. The van der Waals surface area contributed by atoms with E-state index in [-0.39, 0.29) is 11.8 Å². The fourth-order valence-corrected chi connectivity index (χ4v) is 11.7. The molecule has 2 bridgehead atoms. The number of rotatable bonds is 8. The van der Waals surface area contributed by atoms with Crippen molar-refractivity contribution < 1.29 is 0 Å². The van der Waals surface area contributed by atoms with Crippen molar-refractivity contribution >= 4 is 21.8 Å². The first-order valence-electron chi connectivity index (χ1n) is 25.4. The van der Waals surface area contributed by atoms with Crippen molar-refractivity contribution in [3.63, 3.8) is 0 Å². The molecule has 0 fully saturated rings. The highest BCUT2D eigenvalue weighted by Gasteiger charge is 2.41. The van der Waals surface area contributed by atoms with Gasteiger partial charge in [0, 0.05) is 61.7 Å². The Morgan fingerprint density at radius 3 is 1.16 bits per heavy atom. The van der Waals surface area contributed by atoms with Gasteiger partial charge in [-0.1, -0.05) is 212 Å². The van der Waals surface area contributed by atoms with Crippen LogP contribution >= 0.6 is 0 Å². The highest BCUT2D eigenvalue weighted by Crippen LogP contribution is 2.56. The van der Waals surface area contributed by atoms with Crippen LogP contribution in [-0.2, 0) is 0 Å². The van der Waals surface area contributed by atoms with E-state index in [9.17, 15) is 0 Å². The van der Waals surface area contributed by atoms with Crippen LogP contribution in [0.5, 0.6) is 0 Å². The molecule has 3 aliphatic rings. The lowest BCUT2D eigenvalue weighted by molar-refractivity contribution is 0.754. The average Bonchev–Trinajstić information content (AvgIpc) is 3.83. The van der Waals surface area contributed by atoms with E-state index in [4.69, 9.17) is 29.9 Å². The molecule has 75 heavy (non-hydrogen) atoms. The third-order valence-corrected chi connectivity index (χ3v) is 15.1. The number of nitrogens with zero attached hydrogens (tertiary/aromatic N) is 7. The molecule has 0 spiro atoms. The number of hydrogen-bond acceptors (Lipinski definition) is 6. The topological polar surface area (TPSA) is 82.3 Å². The van der Waals surface area contributed by atoms with Gasteiger partial charge in [0.1, 0.15) is 0 Å². The molecular formula is C68H43N7. The largest absolute Gasteiger partial charge is 0.309 e. The van der Waals surface area contributed by atoms with Crippen LogP contribution in [0.15, 0.2) is 249 Å². The molecule has 10 aromatic carbocycles. The molecule has 3 aromatic heterocycles. The smallest absolute Gasteiger partial charge is 0.164 e. The second-order valence-corrected chi connectivity index (χ2v) is 19.4. The lowest BCUT2D eigenvalue weighted by atomic mass is 9.61. The second kappa shape index (κ2) is 17.4. The zero-order chi connectivity index (χ0) is 49.4. The van der Waals surface area contributed by atoms with Crippen molar-refractivity contribution in [3.8, 4) is 85.1 Å². The fraction of sp³-hybridized carbons (Fsp3) is 0.0294. The first kappa shape index (κ1) is 42.7. The first-order valence-corrected chi connectivity index (χ1v) is 25.4. The van der Waals surface area contributed by atoms with Gasteiger partial charge in [0.15, 0.2) is 34.9 Å². The Balaban J connectivity index is 0.856. The van der Waals surface area contributed by atoms with Crippen molar-refractivity contribution in [1.82, 2.24) is 34.5 Å². The maximum atomic E-state index is 5.40. The predicted octanol–water partition coefficient (Wildman–Crippen LogP) is 15.8. The fourth-order valence-electron chi connectivity index (χ4n) is 11.7. The summed E-state index contributed by atoms with van der Waals surface area (Å²) in [7, 11) is 0. The zero-order valence-electron chi connectivity index (χ0n) is 40.5. The van der Waals surface area contributed by atoms with E-state index in [0.29, 0.717) is 34.9 Å². The van der Waals surface area contributed by atoms with Gasteiger partial charge in [-0.15, -0.1) is 0 Å². The monoisotopic (exact) mass is 957 g/mol. The van der Waals surface area contributed by atoms with E-state index in [2.05, 4.69) is 199 Å². The van der Waals surface area contributed by atoms with Gasteiger partial charge >= 0.3 is 0 Å². The van der Waals surface area contributed by atoms with Gasteiger partial charge in [0.2, 0.25) is 0 Å². The first-order chi connectivity index (χ1) is 37.2. The van der Waals surface area contributed by atoms with Crippen molar-refractivity contribution in [2.75, 3.05) is 0 Å². The van der Waals surface area contributed by atoms with Crippen LogP contribution in [0.4, 0.5) is 0 Å². The molecule has 0 N–H and O–H groups in total. The van der Waals surface area contributed by atoms with Crippen molar-refractivity contribution in [1.29, 1.82) is 0 Å². The Hall–Kier alpha value is -9.98. The number of aromatic nitrogens is 7. The molecule has 0 amide bonds. The van der Waals surface area contributed by atoms with Gasteiger partial charge in [-0.05, 0) is 80.9 Å². The molecule has 2 atom stereocenters. The van der Waals surface area contributed by atoms with Crippen LogP contribution in [0.1, 0.15) is 45.2 Å². The van der Waals surface area contributed by atoms with E-state index < -0.39 is 0 Å². The van der Waals surface area contributed by atoms with E-state index in [0.717, 1.165) is 55.7 Å². The quantitative estimate of drug-likeness (QED) is 0.151. The summed E-state index contributed by atoms with van der Waals surface area (Å²) in [4.78, 5) is 31.2. The van der Waals surface area contributed by atoms with Crippen LogP contribution in [0.2, 0.25) is 0 Å². The van der Waals surface area contributed by atoms with Crippen LogP contribution in [0.25, 0.3) is 107 Å². The highest BCUT2D eigenvalue weighted by atomic mass is 15.0. The van der Waals surface area contributed by atoms with E-state index >= 15 is 0 Å². The summed E-state index contributed by atoms with van der Waals surface area (Å²) in [6, 6.07) is 87.7. The number of para-hydroxylation sites is 2. The lowest BCUT2D eigenvalue weighted by Gasteiger charge is -2.42. The molecular weight excluding hydrogens is 915 g/mol. The maximum absolute atomic E-state index is 5.40. The molecule has 0 radical (unpaired) electrons. The summed E-state index contributed by atoms with van der Waals surface area (Å²) in [6.07, 6.45) is 0. The van der Waals surface area contributed by atoms with Gasteiger partial charge in [-0.25, -0.2) is 29.9 Å². The SMILES string of the molecule is c1ccc(-c2nc(-c3ccccc3)nc(-c3ccc4c(c3)C3c5ccccc5C4c4cc(-c5nc(-c6ccccc6)nc(-c6ccccc6-c6ccc7c8ccccc8n(-c8ccccc8)c7c6)n5)ccc43)n2)cc1. The van der Waals surface area contributed by atoms with E-state index in [1.54, 1.807) is 0 Å². The third kappa shape index (κ3) is 7.12. The predicted molar refractivity (Wildman–Crippen MR) is 300 cm³/mol. The van der Waals surface area contributed by atoms with Gasteiger partial charge in [-0.2, -0.15) is 0 Å². The second-order valence-electron chi connectivity index (χ2n) is 19.4. The van der Waals surface area contributed by atoms with E-state index in [1.807, 2.05) is 54.6 Å². The van der Waals surface area contributed by atoms with Crippen LogP contribution < -0.4 is 0 Å². The molecule has 7 heteroatoms. The molecule has 7 nitrogen and oxygen atoms in total. The Morgan fingerprint density at radius 1 is 0.240 bits per heavy atom. The molecule has 0 saturated heterocycles. The molecule has 16 rings (SSSR count). The third-order valence-electron chi connectivity index (χ3n) is 15.1. The molecule has 3 aliphatic carbocycles. The Bertz CT molecular complexity index is 4300. The van der Waals surface area contributed by atoms with Crippen LogP contribution in [-0.4, -0.2) is 34.5 Å². The minimum atomic E-state index is 0.000319. The Morgan fingerprint density at radius 2 is 0.627 bits per heavy atom. The standard InChI is InChI=1S/C68H43N7/c1-5-19-42(20-6-1)63-69-64(43-21-7-2-8-22-43)71-66(70-63)46-34-37-54-57(39-46)61-52-29-14-15-30-53(52)62(54)58-40-47(35-38-55(58)61)67-72-65(44-23-9-3-10-24-44)73-68(74-67)56-31-16-13-27-49(56)45-33-36-51-50-28-17-18-32-59(50)75(60(51)41-45)48-25-11-4-12-26-48/h1-41,61-62H. The summed E-state index contributed by atoms with van der Waals surface area (Å²) >= 11 is 0. The van der Waals surface area contributed by atoms with E-state index in [1.165, 1.54) is 49.7 Å². The van der Waals surface area contributed by atoms with Crippen molar-refractivity contribution in [2.45, 2.75) is 11.8 Å². The molecule has 2 unspecified atom stereocenters. The summed E-state index contributed by atoms with van der Waals surface area (Å²) in [5.41, 5.74) is 18.9. The lowest BCUT2D eigenvalue weighted by Crippen LogP contribution is -2.27. The van der Waals surface area contributed by atoms with Crippen molar-refractivity contribution in [2.24, 2.45) is 0 Å². The molecule has 350 valence electrons. The highest BCUT2D eigenvalue weighted by molar-refractivity contribution is 6.10. The molecule has 0 saturated carbocycles. The Labute approximate surface area is 433 Å². The minimum absolute atomic E-state index is 0.000319. The van der Waals surface area contributed by atoms with Crippen LogP contribution in [0.3, 0.4) is 0 Å². The number of benzene rings is 10. The summed E-state index contributed by atoms with van der Waals surface area (Å²) < 4.78 is 2.36. The normalized spacial score (nSPS) is 14.1. The summed E-state index contributed by atoms with van der Waals surface area (Å²) in [5, 5.41) is 2.42. The number of fused-ring (bicyclic) bond motifs is 3. The van der Waals surface area contributed by atoms with Gasteiger partial charge in [-0.3, -0.25) is 0 Å². The summed E-state index contributed by atoms with van der Waals surface area (Å²) in [5.74, 6) is 3.81. The average molecular weight is 958 g/mol. The molecule has 0 aliphatic heterocycles. The molecule has 13 aromatic rings.